The summed E-state index contributed by atoms with van der Waals surface area (Å²) < 4.78 is 0. The molecule has 0 N–H and O–H groups in total. The highest BCUT2D eigenvalue weighted by Crippen LogP contribution is 2.46. The summed E-state index contributed by atoms with van der Waals surface area (Å²) in [5.74, 6) is 7.78. The van der Waals surface area contributed by atoms with Crippen LogP contribution >= 0.6 is 0 Å². The Hall–Kier alpha value is 0.0649. The van der Waals surface area contributed by atoms with Gasteiger partial charge < -0.3 is 0 Å². The summed E-state index contributed by atoms with van der Waals surface area (Å²) >= 11 is 0. The fourth-order valence-corrected chi connectivity index (χ4v) is 7.92. The Morgan fingerprint density at radius 1 is 0.636 bits per heavy atom. The van der Waals surface area contributed by atoms with E-state index in [1.165, 1.54) is 122 Å². The van der Waals surface area contributed by atoms with Gasteiger partial charge in [-0.3, -0.25) is 0 Å². The molecule has 3 fully saturated rings. The second-order valence-electron chi connectivity index (χ2n) is 13.6. The van der Waals surface area contributed by atoms with Crippen molar-refractivity contribution in [1.29, 1.82) is 0 Å². The molecule has 0 spiro atoms. The number of hydrogen-bond acceptors (Lipinski definition) is 0. The van der Waals surface area contributed by atoms with Crippen LogP contribution in [0, 0.1) is 47.3 Å². The van der Waals surface area contributed by atoms with Crippen LogP contribution in [-0.2, 0) is 0 Å². The van der Waals surface area contributed by atoms with Crippen molar-refractivity contribution >= 4 is 7.85 Å². The van der Waals surface area contributed by atoms with E-state index in [4.69, 9.17) is 7.85 Å². The Bertz CT molecular complexity index is 495. The molecule has 6 unspecified atom stereocenters. The Balaban J connectivity index is 1.35. The molecule has 6 atom stereocenters. The van der Waals surface area contributed by atoms with Crippen molar-refractivity contribution in [3.8, 4) is 0 Å². The first-order chi connectivity index (χ1) is 16.0. The third kappa shape index (κ3) is 9.92. The van der Waals surface area contributed by atoms with Crippen molar-refractivity contribution in [2.45, 2.75) is 156 Å². The van der Waals surface area contributed by atoms with Crippen LogP contribution in [0.4, 0.5) is 0 Å². The summed E-state index contributed by atoms with van der Waals surface area (Å²) in [6.45, 7) is 7.24. The van der Waals surface area contributed by atoms with E-state index in [1.807, 2.05) is 0 Å². The van der Waals surface area contributed by atoms with Crippen molar-refractivity contribution in [2.75, 3.05) is 0 Å². The lowest BCUT2D eigenvalue weighted by molar-refractivity contribution is 0.106. The normalized spacial score (nSPS) is 30.8. The van der Waals surface area contributed by atoms with Crippen LogP contribution in [0.15, 0.2) is 0 Å². The van der Waals surface area contributed by atoms with E-state index in [9.17, 15) is 0 Å². The van der Waals surface area contributed by atoms with Gasteiger partial charge in [0.25, 0.3) is 0 Å². The van der Waals surface area contributed by atoms with Crippen LogP contribution in [-0.4, -0.2) is 7.85 Å². The highest BCUT2D eigenvalue weighted by atomic mass is 14.4. The molecule has 0 amide bonds. The smallest absolute Gasteiger partial charge is 0.0656 e. The van der Waals surface area contributed by atoms with E-state index >= 15 is 0 Å². The average Bonchev–Trinajstić information content (AvgIpc) is 2.78. The van der Waals surface area contributed by atoms with E-state index in [2.05, 4.69) is 20.8 Å². The largest absolute Gasteiger partial charge is 0.0856 e. The van der Waals surface area contributed by atoms with Gasteiger partial charge in [0.05, 0.1) is 7.85 Å². The molecule has 0 aliphatic heterocycles. The lowest BCUT2D eigenvalue weighted by Gasteiger charge is -2.41. The zero-order valence-electron chi connectivity index (χ0n) is 23.0. The summed E-state index contributed by atoms with van der Waals surface area (Å²) in [5.41, 5.74) is 0. The van der Waals surface area contributed by atoms with Gasteiger partial charge in [0.1, 0.15) is 0 Å². The van der Waals surface area contributed by atoms with Crippen molar-refractivity contribution in [3.63, 3.8) is 0 Å². The molecule has 2 radical (unpaired) electrons. The maximum atomic E-state index is 6.34. The highest BCUT2D eigenvalue weighted by Gasteiger charge is 2.34. The summed E-state index contributed by atoms with van der Waals surface area (Å²) in [7, 11) is 6.34. The van der Waals surface area contributed by atoms with E-state index in [0.29, 0.717) is 0 Å². The van der Waals surface area contributed by atoms with Crippen LogP contribution < -0.4 is 0 Å². The van der Waals surface area contributed by atoms with Gasteiger partial charge in [0.15, 0.2) is 0 Å². The first kappa shape index (κ1) is 27.6. The molecular weight excluding hydrogens is 395 g/mol. The van der Waals surface area contributed by atoms with Gasteiger partial charge in [0, 0.05) is 0 Å². The lowest BCUT2D eigenvalue weighted by Crippen LogP contribution is -2.30. The second kappa shape index (κ2) is 15.2. The minimum absolute atomic E-state index is 0.824. The molecular formula is C32H59B. The van der Waals surface area contributed by atoms with Gasteiger partial charge in [-0.15, -0.1) is 0 Å². The van der Waals surface area contributed by atoms with Gasteiger partial charge in [0.2, 0.25) is 0 Å². The molecule has 0 aromatic rings. The minimum Gasteiger partial charge on any atom is -0.0856 e. The molecule has 0 bridgehead atoms. The van der Waals surface area contributed by atoms with Gasteiger partial charge in [-0.05, 0) is 60.2 Å². The predicted octanol–water partition coefficient (Wildman–Crippen LogP) is 10.4. The maximum absolute atomic E-state index is 6.34. The van der Waals surface area contributed by atoms with Gasteiger partial charge >= 0.3 is 0 Å². The molecule has 3 saturated carbocycles. The molecule has 3 aliphatic carbocycles. The van der Waals surface area contributed by atoms with Crippen molar-refractivity contribution < 1.29 is 0 Å². The quantitative estimate of drug-likeness (QED) is 0.216. The van der Waals surface area contributed by atoms with Crippen molar-refractivity contribution in [1.82, 2.24) is 0 Å². The molecule has 190 valence electrons. The van der Waals surface area contributed by atoms with Crippen molar-refractivity contribution in [3.05, 3.63) is 0 Å². The molecule has 1 heteroatoms. The first-order valence-electron chi connectivity index (χ1n) is 15.7. The highest BCUT2D eigenvalue weighted by molar-refractivity contribution is 6.08. The molecule has 0 saturated heterocycles. The van der Waals surface area contributed by atoms with Crippen LogP contribution in [0.2, 0.25) is 6.32 Å². The SMILES string of the molecule is [B]CC(CCCC1CCC1)C1CCCC(C2CCCC(CCCC(C)CCCC(C)C)C2)C1. The standard InChI is InChI=1S/C32H59B/c1-25(2)10-4-11-26(3)12-5-16-28-17-8-18-29(22-28)30-19-9-20-31(23-30)32(24-33)21-7-15-27-13-6-14-27/h25-32H,4-24H2,1-3H3. The summed E-state index contributed by atoms with van der Waals surface area (Å²) in [5, 5.41) is 0. The van der Waals surface area contributed by atoms with E-state index < -0.39 is 0 Å². The third-order valence-electron chi connectivity index (χ3n) is 10.4. The molecule has 33 heavy (non-hydrogen) atoms. The third-order valence-corrected chi connectivity index (χ3v) is 10.4. The topological polar surface area (TPSA) is 0 Å². The van der Waals surface area contributed by atoms with Crippen LogP contribution in [0.1, 0.15) is 149 Å². The summed E-state index contributed by atoms with van der Waals surface area (Å²) in [6.07, 6.45) is 30.8. The van der Waals surface area contributed by atoms with E-state index in [0.717, 1.165) is 53.7 Å². The van der Waals surface area contributed by atoms with Gasteiger partial charge in [-0.25, -0.2) is 0 Å². The molecule has 0 nitrogen and oxygen atoms in total. The molecule has 0 aromatic heterocycles. The second-order valence-corrected chi connectivity index (χ2v) is 13.6. The maximum Gasteiger partial charge on any atom is 0.0656 e. The Kier molecular flexibility index (Phi) is 12.8. The van der Waals surface area contributed by atoms with Gasteiger partial charge in [-0.2, -0.15) is 0 Å². The average molecular weight is 455 g/mol. The molecule has 3 rings (SSSR count). The summed E-state index contributed by atoms with van der Waals surface area (Å²) in [6, 6.07) is 0. The Morgan fingerprint density at radius 3 is 1.94 bits per heavy atom. The monoisotopic (exact) mass is 454 g/mol. The van der Waals surface area contributed by atoms with Crippen molar-refractivity contribution in [2.24, 2.45) is 47.3 Å². The van der Waals surface area contributed by atoms with Crippen LogP contribution in [0.5, 0.6) is 0 Å². The molecule has 0 aromatic carbocycles. The predicted molar refractivity (Wildman–Crippen MR) is 148 cm³/mol. The molecule has 0 heterocycles. The van der Waals surface area contributed by atoms with Gasteiger partial charge in [-0.1, -0.05) is 143 Å². The zero-order chi connectivity index (χ0) is 23.5. The fraction of sp³-hybridized carbons (Fsp3) is 1.00. The number of hydrogen-bond donors (Lipinski definition) is 0. The molecule has 3 aliphatic rings. The first-order valence-corrected chi connectivity index (χ1v) is 15.7. The van der Waals surface area contributed by atoms with E-state index in [1.54, 1.807) is 6.42 Å². The minimum atomic E-state index is 0.824. The van der Waals surface area contributed by atoms with E-state index in [-0.39, 0.29) is 0 Å². The fourth-order valence-electron chi connectivity index (χ4n) is 7.92. The zero-order valence-corrected chi connectivity index (χ0v) is 23.0. The van der Waals surface area contributed by atoms with Crippen LogP contribution in [0.25, 0.3) is 0 Å². The summed E-state index contributed by atoms with van der Waals surface area (Å²) in [4.78, 5) is 0. The number of rotatable bonds is 15. The Labute approximate surface area is 210 Å². The Morgan fingerprint density at radius 2 is 1.24 bits per heavy atom. The lowest BCUT2D eigenvalue weighted by atomic mass is 9.63. The van der Waals surface area contributed by atoms with Crippen LogP contribution in [0.3, 0.4) is 0 Å².